The molecule has 34 heavy (non-hydrogen) atoms. The number of esters is 1. The molecule has 1 atom stereocenters. The van der Waals surface area contributed by atoms with Crippen molar-refractivity contribution in [3.05, 3.63) is 58.0 Å². The number of nitrogens with one attached hydrogen (secondary N) is 1. The zero-order valence-electron chi connectivity index (χ0n) is 19.8. The standard InChI is InChI=1S/C23H30N4O7/c1-16-24-14-20(27(31)32)26(16)12-8-11-19(28)18(25-22(30)34-23(2,3)4)13-21(29)33-15-17-9-6-5-7-10-17/h5-7,9-10,14,18H,8,11-13,15H2,1-4H3,(H,25,30). The van der Waals surface area contributed by atoms with Gasteiger partial charge in [0.25, 0.3) is 0 Å². The van der Waals surface area contributed by atoms with Crippen molar-refractivity contribution in [1.82, 2.24) is 14.9 Å². The number of Topliss-reactive ketones (excluding diaryl/α,β-unsaturated/α-hetero) is 1. The third kappa shape index (κ3) is 8.64. The lowest BCUT2D eigenvalue weighted by molar-refractivity contribution is -0.392. The minimum absolute atomic E-state index is 0.0266. The first kappa shape index (κ1) is 26.5. The molecular weight excluding hydrogens is 444 g/mol. The number of imidazole rings is 1. The number of aromatic nitrogens is 2. The summed E-state index contributed by atoms with van der Waals surface area (Å²) in [6.45, 7) is 6.89. The normalized spacial score (nSPS) is 12.0. The predicted molar refractivity (Wildman–Crippen MR) is 122 cm³/mol. The molecule has 0 aliphatic rings. The number of aryl methyl sites for hydroxylation is 1. The van der Waals surface area contributed by atoms with Gasteiger partial charge in [0.05, 0.1) is 13.0 Å². The molecule has 0 spiro atoms. The number of carbonyl (C=O) groups excluding carboxylic acids is 3. The lowest BCUT2D eigenvalue weighted by Crippen LogP contribution is -2.44. The van der Waals surface area contributed by atoms with Gasteiger partial charge >= 0.3 is 17.9 Å². The molecule has 1 unspecified atom stereocenters. The number of ether oxygens (including phenoxy) is 2. The fourth-order valence-electron chi connectivity index (χ4n) is 3.12. The first-order valence-electron chi connectivity index (χ1n) is 10.8. The lowest BCUT2D eigenvalue weighted by Gasteiger charge is -2.23. The summed E-state index contributed by atoms with van der Waals surface area (Å²) in [6, 6.07) is 7.90. The van der Waals surface area contributed by atoms with Crippen LogP contribution in [-0.4, -0.2) is 44.0 Å². The number of hydrogen-bond acceptors (Lipinski definition) is 8. The minimum atomic E-state index is -1.16. The number of nitro groups is 1. The van der Waals surface area contributed by atoms with Crippen molar-refractivity contribution < 1.29 is 28.8 Å². The van der Waals surface area contributed by atoms with Gasteiger partial charge < -0.3 is 24.9 Å². The molecule has 184 valence electrons. The number of amides is 1. The van der Waals surface area contributed by atoms with Crippen LogP contribution in [0.15, 0.2) is 36.5 Å². The summed E-state index contributed by atoms with van der Waals surface area (Å²) in [5.41, 5.74) is -0.000232. The summed E-state index contributed by atoms with van der Waals surface area (Å²) in [5, 5.41) is 13.6. The molecule has 1 aromatic carbocycles. The number of ketones is 1. The third-order valence-electron chi connectivity index (χ3n) is 4.72. The van der Waals surface area contributed by atoms with Crippen molar-refractivity contribution in [3.8, 4) is 0 Å². The molecule has 0 bridgehead atoms. The molecule has 0 saturated carbocycles. The summed E-state index contributed by atoms with van der Waals surface area (Å²) in [5.74, 6) is -0.785. The Kier molecular flexibility index (Phi) is 9.28. The number of rotatable bonds is 11. The molecule has 1 aromatic heterocycles. The van der Waals surface area contributed by atoms with Gasteiger partial charge in [0.2, 0.25) is 0 Å². The van der Waals surface area contributed by atoms with Crippen LogP contribution in [0.5, 0.6) is 0 Å². The first-order valence-corrected chi connectivity index (χ1v) is 10.8. The molecule has 0 aliphatic heterocycles. The van der Waals surface area contributed by atoms with E-state index in [0.29, 0.717) is 5.82 Å². The molecule has 1 N–H and O–H groups in total. The Hall–Kier alpha value is -3.76. The quantitative estimate of drug-likeness (QED) is 0.296. The molecule has 2 rings (SSSR count). The van der Waals surface area contributed by atoms with Gasteiger partial charge in [0.1, 0.15) is 24.4 Å². The molecule has 0 radical (unpaired) electrons. The first-order chi connectivity index (χ1) is 16.0. The van der Waals surface area contributed by atoms with Crippen LogP contribution in [-0.2, 0) is 32.2 Å². The molecule has 1 heterocycles. The highest BCUT2D eigenvalue weighted by molar-refractivity contribution is 5.91. The van der Waals surface area contributed by atoms with E-state index < -0.39 is 34.4 Å². The second kappa shape index (κ2) is 11.9. The Balaban J connectivity index is 2.00. The van der Waals surface area contributed by atoms with Crippen LogP contribution in [0, 0.1) is 17.0 Å². The van der Waals surface area contributed by atoms with Crippen LogP contribution in [0.1, 0.15) is 51.4 Å². The maximum Gasteiger partial charge on any atom is 0.408 e. The van der Waals surface area contributed by atoms with E-state index in [1.165, 1.54) is 4.57 Å². The van der Waals surface area contributed by atoms with E-state index in [1.807, 2.05) is 18.2 Å². The third-order valence-corrected chi connectivity index (χ3v) is 4.72. The topological polar surface area (TPSA) is 143 Å². The van der Waals surface area contributed by atoms with Crippen molar-refractivity contribution in [2.45, 2.75) is 71.8 Å². The molecule has 2 aromatic rings. The van der Waals surface area contributed by atoms with Crippen LogP contribution in [0.25, 0.3) is 0 Å². The van der Waals surface area contributed by atoms with Crippen molar-refractivity contribution in [2.24, 2.45) is 0 Å². The van der Waals surface area contributed by atoms with Crippen LogP contribution >= 0.6 is 0 Å². The zero-order chi connectivity index (χ0) is 25.3. The monoisotopic (exact) mass is 474 g/mol. The Labute approximate surface area is 197 Å². The largest absolute Gasteiger partial charge is 0.461 e. The summed E-state index contributed by atoms with van der Waals surface area (Å²) in [4.78, 5) is 52.0. The molecular formula is C23H30N4O7. The minimum Gasteiger partial charge on any atom is -0.461 e. The van der Waals surface area contributed by atoms with Crippen molar-refractivity contribution in [2.75, 3.05) is 0 Å². The van der Waals surface area contributed by atoms with E-state index in [-0.39, 0.29) is 38.2 Å². The maximum absolute atomic E-state index is 12.8. The van der Waals surface area contributed by atoms with Crippen LogP contribution < -0.4 is 5.32 Å². The van der Waals surface area contributed by atoms with Gasteiger partial charge in [0.15, 0.2) is 11.6 Å². The van der Waals surface area contributed by atoms with Crippen LogP contribution in [0.4, 0.5) is 10.6 Å². The van der Waals surface area contributed by atoms with Crippen LogP contribution in [0.2, 0.25) is 0 Å². The Morgan fingerprint density at radius 3 is 2.50 bits per heavy atom. The number of benzene rings is 1. The Bertz CT molecular complexity index is 1010. The van der Waals surface area contributed by atoms with E-state index in [9.17, 15) is 24.5 Å². The van der Waals surface area contributed by atoms with Crippen molar-refractivity contribution in [1.29, 1.82) is 0 Å². The molecule has 11 heteroatoms. The number of carbonyl (C=O) groups is 3. The molecule has 0 saturated heterocycles. The smallest absolute Gasteiger partial charge is 0.408 e. The summed E-state index contributed by atoms with van der Waals surface area (Å²) in [6.07, 6.45) is 0.189. The average Bonchev–Trinajstić information content (AvgIpc) is 3.12. The average molecular weight is 475 g/mol. The number of alkyl carbamates (subject to hydrolysis) is 1. The molecule has 0 fully saturated rings. The van der Waals surface area contributed by atoms with E-state index in [0.717, 1.165) is 11.8 Å². The van der Waals surface area contributed by atoms with E-state index in [1.54, 1.807) is 39.8 Å². The predicted octanol–water partition coefficient (Wildman–Crippen LogP) is 3.48. The second-order valence-corrected chi connectivity index (χ2v) is 8.69. The summed E-state index contributed by atoms with van der Waals surface area (Å²) >= 11 is 0. The number of nitrogens with zero attached hydrogens (tertiary/aromatic N) is 3. The van der Waals surface area contributed by atoms with E-state index in [2.05, 4.69) is 10.3 Å². The fourth-order valence-corrected chi connectivity index (χ4v) is 3.12. The van der Waals surface area contributed by atoms with Crippen molar-refractivity contribution in [3.63, 3.8) is 0 Å². The maximum atomic E-state index is 12.8. The molecule has 1 amide bonds. The SMILES string of the molecule is Cc1ncc([N+](=O)[O-])n1CCCC(=O)C(CC(=O)OCc1ccccc1)NC(=O)OC(C)(C)C. The van der Waals surface area contributed by atoms with Gasteiger partial charge in [-0.15, -0.1) is 0 Å². The van der Waals surface area contributed by atoms with Crippen LogP contribution in [0.3, 0.4) is 0 Å². The molecule has 11 nitrogen and oxygen atoms in total. The highest BCUT2D eigenvalue weighted by atomic mass is 16.6. The van der Waals surface area contributed by atoms with E-state index in [4.69, 9.17) is 9.47 Å². The van der Waals surface area contributed by atoms with Gasteiger partial charge in [-0.1, -0.05) is 30.3 Å². The zero-order valence-corrected chi connectivity index (χ0v) is 19.8. The Morgan fingerprint density at radius 1 is 1.21 bits per heavy atom. The van der Waals surface area contributed by atoms with Gasteiger partial charge in [-0.3, -0.25) is 9.59 Å². The second-order valence-electron chi connectivity index (χ2n) is 8.69. The van der Waals surface area contributed by atoms with Gasteiger partial charge in [0, 0.05) is 13.3 Å². The van der Waals surface area contributed by atoms with Crippen molar-refractivity contribution >= 4 is 23.7 Å². The highest BCUT2D eigenvalue weighted by Crippen LogP contribution is 2.16. The molecule has 0 aliphatic carbocycles. The van der Waals surface area contributed by atoms with E-state index >= 15 is 0 Å². The Morgan fingerprint density at radius 2 is 1.88 bits per heavy atom. The summed E-state index contributed by atoms with van der Waals surface area (Å²) in [7, 11) is 0. The van der Waals surface area contributed by atoms with Gasteiger partial charge in [-0.25, -0.2) is 14.3 Å². The summed E-state index contributed by atoms with van der Waals surface area (Å²) < 4.78 is 11.9. The fraction of sp³-hybridized carbons (Fsp3) is 0.478. The van der Waals surface area contributed by atoms with Gasteiger partial charge in [-0.2, -0.15) is 0 Å². The lowest BCUT2D eigenvalue weighted by atomic mass is 10.0. The van der Waals surface area contributed by atoms with Gasteiger partial charge in [-0.05, 0) is 37.7 Å². The number of hydrogen-bond donors (Lipinski definition) is 1. The highest BCUT2D eigenvalue weighted by Gasteiger charge is 2.27.